The van der Waals surface area contributed by atoms with Gasteiger partial charge in [0, 0.05) is 12.6 Å². The summed E-state index contributed by atoms with van der Waals surface area (Å²) in [6, 6.07) is 7.74. The van der Waals surface area contributed by atoms with Crippen molar-refractivity contribution in [3.05, 3.63) is 48.2 Å². The van der Waals surface area contributed by atoms with Crippen LogP contribution in [0, 0.1) is 11.7 Å². The van der Waals surface area contributed by atoms with E-state index in [1.807, 2.05) is 13.8 Å². The summed E-state index contributed by atoms with van der Waals surface area (Å²) in [5.41, 5.74) is 0.536. The van der Waals surface area contributed by atoms with Gasteiger partial charge in [0.1, 0.15) is 23.7 Å². The first kappa shape index (κ1) is 14.9. The normalized spacial score (nSPS) is 10.5. The van der Waals surface area contributed by atoms with Gasteiger partial charge >= 0.3 is 0 Å². The highest BCUT2D eigenvalue weighted by Gasteiger charge is 2.10. The average Bonchev–Trinajstić information content (AvgIpc) is 2.47. The second-order valence-electron chi connectivity index (χ2n) is 5.00. The molecule has 1 aromatic carbocycles. The Hall–Kier alpha value is -2.50. The van der Waals surface area contributed by atoms with Crippen LogP contribution in [0.3, 0.4) is 0 Å². The standard InChI is InChI=1S/C15H17FN4O/c1-10(2)8-17-15(21)13-7-14(19-9-18-13)20-12-6-4-3-5-11(12)16/h3-7,9-10H,8H2,1-2H3,(H,17,21)(H,18,19,20). The van der Waals surface area contributed by atoms with Crippen LogP contribution in [0.4, 0.5) is 15.9 Å². The number of para-hydroxylation sites is 1. The predicted molar refractivity (Wildman–Crippen MR) is 78.9 cm³/mol. The lowest BCUT2D eigenvalue weighted by atomic mass is 10.2. The molecule has 0 radical (unpaired) electrons. The first-order chi connectivity index (χ1) is 10.1. The highest BCUT2D eigenvalue weighted by atomic mass is 19.1. The monoisotopic (exact) mass is 288 g/mol. The Kier molecular flexibility index (Phi) is 4.81. The van der Waals surface area contributed by atoms with E-state index in [0.717, 1.165) is 0 Å². The van der Waals surface area contributed by atoms with Gasteiger partial charge in [-0.2, -0.15) is 0 Å². The van der Waals surface area contributed by atoms with E-state index >= 15 is 0 Å². The minimum Gasteiger partial charge on any atom is -0.350 e. The molecule has 2 aromatic rings. The second-order valence-corrected chi connectivity index (χ2v) is 5.00. The van der Waals surface area contributed by atoms with Crippen LogP contribution in [0.25, 0.3) is 0 Å². The molecule has 0 unspecified atom stereocenters. The largest absolute Gasteiger partial charge is 0.350 e. The van der Waals surface area contributed by atoms with Gasteiger partial charge in [0.25, 0.3) is 5.91 Å². The minimum absolute atomic E-state index is 0.240. The molecule has 2 rings (SSSR count). The van der Waals surface area contributed by atoms with Crippen LogP contribution in [0.15, 0.2) is 36.7 Å². The van der Waals surface area contributed by atoms with Gasteiger partial charge in [-0.15, -0.1) is 0 Å². The molecule has 2 N–H and O–H groups in total. The van der Waals surface area contributed by atoms with E-state index in [1.54, 1.807) is 18.2 Å². The fourth-order valence-electron chi connectivity index (χ4n) is 1.64. The topological polar surface area (TPSA) is 66.9 Å². The summed E-state index contributed by atoms with van der Waals surface area (Å²) in [6.07, 6.45) is 1.27. The van der Waals surface area contributed by atoms with E-state index in [0.29, 0.717) is 24.0 Å². The van der Waals surface area contributed by atoms with Crippen molar-refractivity contribution < 1.29 is 9.18 Å². The van der Waals surface area contributed by atoms with E-state index in [4.69, 9.17) is 0 Å². The molecule has 6 heteroatoms. The first-order valence-corrected chi connectivity index (χ1v) is 6.68. The lowest BCUT2D eigenvalue weighted by Gasteiger charge is -2.09. The third-order valence-electron chi connectivity index (χ3n) is 2.71. The molecular formula is C15H17FN4O. The molecule has 0 aliphatic rings. The Morgan fingerprint density at radius 1 is 1.29 bits per heavy atom. The van der Waals surface area contributed by atoms with Crippen molar-refractivity contribution in [2.75, 3.05) is 11.9 Å². The molecule has 0 atom stereocenters. The SMILES string of the molecule is CC(C)CNC(=O)c1cc(Nc2ccccc2F)ncn1. The van der Waals surface area contributed by atoms with Gasteiger partial charge in [-0.1, -0.05) is 26.0 Å². The third-order valence-corrected chi connectivity index (χ3v) is 2.71. The van der Waals surface area contributed by atoms with Crippen molar-refractivity contribution in [2.45, 2.75) is 13.8 Å². The molecule has 0 bridgehead atoms. The number of hydrogen-bond acceptors (Lipinski definition) is 4. The summed E-state index contributed by atoms with van der Waals surface area (Å²) < 4.78 is 13.6. The van der Waals surface area contributed by atoms with E-state index in [1.165, 1.54) is 18.5 Å². The maximum atomic E-state index is 13.6. The molecule has 1 heterocycles. The molecule has 0 saturated heterocycles. The molecule has 110 valence electrons. The predicted octanol–water partition coefficient (Wildman–Crippen LogP) is 2.75. The number of anilines is 2. The molecule has 21 heavy (non-hydrogen) atoms. The van der Waals surface area contributed by atoms with E-state index in [2.05, 4.69) is 20.6 Å². The Balaban J connectivity index is 2.11. The number of benzene rings is 1. The summed E-state index contributed by atoms with van der Waals surface area (Å²) in [6.45, 7) is 4.58. The van der Waals surface area contributed by atoms with Crippen LogP contribution in [0.5, 0.6) is 0 Å². The summed E-state index contributed by atoms with van der Waals surface area (Å²) in [7, 11) is 0. The van der Waals surface area contributed by atoms with Crippen molar-refractivity contribution in [2.24, 2.45) is 5.92 Å². The molecule has 1 amide bonds. The van der Waals surface area contributed by atoms with Crippen LogP contribution in [0.1, 0.15) is 24.3 Å². The highest BCUT2D eigenvalue weighted by molar-refractivity contribution is 5.92. The van der Waals surface area contributed by atoms with Crippen LogP contribution in [0.2, 0.25) is 0 Å². The number of carbonyl (C=O) groups is 1. The van der Waals surface area contributed by atoms with Gasteiger partial charge in [0.15, 0.2) is 0 Å². The van der Waals surface area contributed by atoms with Crippen molar-refractivity contribution in [3.63, 3.8) is 0 Å². The van der Waals surface area contributed by atoms with Gasteiger partial charge in [-0.3, -0.25) is 4.79 Å². The number of aromatic nitrogens is 2. The summed E-state index contributed by atoms with van der Waals surface area (Å²) in [4.78, 5) is 19.8. The Morgan fingerprint density at radius 2 is 2.05 bits per heavy atom. The number of halogens is 1. The van der Waals surface area contributed by atoms with Gasteiger partial charge in [-0.25, -0.2) is 14.4 Å². The minimum atomic E-state index is -0.387. The van der Waals surface area contributed by atoms with Crippen molar-refractivity contribution >= 4 is 17.4 Å². The summed E-state index contributed by atoms with van der Waals surface area (Å²) in [5, 5.41) is 5.60. The molecule has 0 aliphatic heterocycles. The molecular weight excluding hydrogens is 271 g/mol. The fourth-order valence-corrected chi connectivity index (χ4v) is 1.64. The van der Waals surface area contributed by atoms with Crippen molar-refractivity contribution in [1.82, 2.24) is 15.3 Å². The van der Waals surface area contributed by atoms with Crippen LogP contribution < -0.4 is 10.6 Å². The molecule has 5 nitrogen and oxygen atoms in total. The number of nitrogens with one attached hydrogen (secondary N) is 2. The van der Waals surface area contributed by atoms with Crippen LogP contribution >= 0.6 is 0 Å². The zero-order chi connectivity index (χ0) is 15.2. The van der Waals surface area contributed by atoms with Crippen LogP contribution in [-0.2, 0) is 0 Å². The van der Waals surface area contributed by atoms with Gasteiger partial charge in [-0.05, 0) is 18.1 Å². The lowest BCUT2D eigenvalue weighted by molar-refractivity contribution is 0.0944. The van der Waals surface area contributed by atoms with Crippen molar-refractivity contribution in [1.29, 1.82) is 0 Å². The lowest BCUT2D eigenvalue weighted by Crippen LogP contribution is -2.28. The average molecular weight is 288 g/mol. The number of amides is 1. The number of carbonyl (C=O) groups excluding carboxylic acids is 1. The summed E-state index contributed by atoms with van der Waals surface area (Å²) in [5.74, 6) is 0.0567. The third kappa shape index (κ3) is 4.24. The number of nitrogens with zero attached hydrogens (tertiary/aromatic N) is 2. The van der Waals surface area contributed by atoms with Gasteiger partial charge in [0.05, 0.1) is 5.69 Å². The zero-order valence-corrected chi connectivity index (χ0v) is 11.9. The molecule has 1 aromatic heterocycles. The molecule has 0 spiro atoms. The van der Waals surface area contributed by atoms with E-state index in [-0.39, 0.29) is 17.4 Å². The summed E-state index contributed by atoms with van der Waals surface area (Å²) >= 11 is 0. The Labute approximate surface area is 122 Å². The molecule has 0 fully saturated rings. The van der Waals surface area contributed by atoms with Gasteiger partial charge < -0.3 is 10.6 Å². The zero-order valence-electron chi connectivity index (χ0n) is 11.9. The highest BCUT2D eigenvalue weighted by Crippen LogP contribution is 2.17. The molecule has 0 saturated carbocycles. The van der Waals surface area contributed by atoms with Crippen molar-refractivity contribution in [3.8, 4) is 0 Å². The fraction of sp³-hybridized carbons (Fsp3) is 0.267. The smallest absolute Gasteiger partial charge is 0.270 e. The maximum absolute atomic E-state index is 13.6. The number of rotatable bonds is 5. The number of hydrogen-bond donors (Lipinski definition) is 2. The second kappa shape index (κ2) is 6.78. The van der Waals surface area contributed by atoms with Crippen LogP contribution in [-0.4, -0.2) is 22.4 Å². The first-order valence-electron chi connectivity index (χ1n) is 6.68. The quantitative estimate of drug-likeness (QED) is 0.887. The molecule has 0 aliphatic carbocycles. The maximum Gasteiger partial charge on any atom is 0.270 e. The van der Waals surface area contributed by atoms with Gasteiger partial charge in [0.2, 0.25) is 0 Å². The van der Waals surface area contributed by atoms with E-state index < -0.39 is 0 Å². The Bertz CT molecular complexity index is 631. The van der Waals surface area contributed by atoms with E-state index in [9.17, 15) is 9.18 Å². The Morgan fingerprint density at radius 3 is 2.76 bits per heavy atom.